The number of hydrogen-bond donors (Lipinski definition) is 2. The average molecular weight is 396 g/mol. The molecular formula is C18H24N2O6S. The maximum atomic E-state index is 12.7. The van der Waals surface area contributed by atoms with E-state index in [1.165, 1.54) is 28.6 Å². The van der Waals surface area contributed by atoms with Crippen molar-refractivity contribution in [1.29, 1.82) is 0 Å². The summed E-state index contributed by atoms with van der Waals surface area (Å²) in [7, 11) is -3.57. The minimum Gasteiger partial charge on any atom is -0.480 e. The maximum Gasteiger partial charge on any atom is 0.329 e. The van der Waals surface area contributed by atoms with E-state index in [9.17, 15) is 23.1 Å². The van der Waals surface area contributed by atoms with E-state index in [4.69, 9.17) is 4.74 Å². The molecule has 1 amide bonds. The topological polar surface area (TPSA) is 113 Å². The molecule has 0 atom stereocenters. The third-order valence-corrected chi connectivity index (χ3v) is 7.09. The molecule has 2 N–H and O–H groups in total. The third-order valence-electron chi connectivity index (χ3n) is 5.18. The molecule has 1 aromatic rings. The molecule has 2 aliphatic rings. The quantitative estimate of drug-likeness (QED) is 0.774. The van der Waals surface area contributed by atoms with Gasteiger partial charge in [-0.05, 0) is 37.1 Å². The van der Waals surface area contributed by atoms with Crippen molar-refractivity contribution >= 4 is 21.9 Å². The van der Waals surface area contributed by atoms with Gasteiger partial charge in [0, 0.05) is 44.7 Å². The highest BCUT2D eigenvalue weighted by Gasteiger charge is 2.41. The molecule has 9 heteroatoms. The number of carbonyl (C=O) groups is 2. The van der Waals surface area contributed by atoms with Crippen molar-refractivity contribution in [3.8, 4) is 0 Å². The Bertz CT molecular complexity index is 794. The first-order chi connectivity index (χ1) is 12.8. The van der Waals surface area contributed by atoms with Gasteiger partial charge in [0.05, 0.1) is 4.90 Å². The summed E-state index contributed by atoms with van der Waals surface area (Å²) in [5.74, 6) is -1.63. The van der Waals surface area contributed by atoms with Crippen LogP contribution in [0.2, 0.25) is 0 Å². The van der Waals surface area contributed by atoms with Crippen LogP contribution in [0.5, 0.6) is 0 Å². The van der Waals surface area contributed by atoms with E-state index in [1.807, 2.05) is 0 Å². The normalized spacial score (nSPS) is 20.7. The third kappa shape index (κ3) is 4.15. The van der Waals surface area contributed by atoms with Crippen molar-refractivity contribution in [2.75, 3.05) is 26.3 Å². The van der Waals surface area contributed by atoms with E-state index in [1.54, 1.807) is 0 Å². The Kier molecular flexibility index (Phi) is 5.83. The van der Waals surface area contributed by atoms with Gasteiger partial charge < -0.3 is 15.2 Å². The SMILES string of the molecule is O=C(NC1(C(=O)O)CCOCC1)c1ccc(S(=O)(=O)N2CCCCC2)cc1. The van der Waals surface area contributed by atoms with E-state index in [2.05, 4.69) is 5.32 Å². The number of nitrogens with zero attached hydrogens (tertiary/aromatic N) is 1. The molecular weight excluding hydrogens is 372 g/mol. The molecule has 0 unspecified atom stereocenters. The van der Waals surface area contributed by atoms with Crippen LogP contribution in [-0.4, -0.2) is 61.5 Å². The molecule has 0 saturated carbocycles. The summed E-state index contributed by atoms with van der Waals surface area (Å²) in [6.07, 6.45) is 3.11. The fourth-order valence-corrected chi connectivity index (χ4v) is 4.95. The van der Waals surface area contributed by atoms with Gasteiger partial charge in [-0.3, -0.25) is 4.79 Å². The van der Waals surface area contributed by atoms with Gasteiger partial charge >= 0.3 is 5.97 Å². The molecule has 0 spiro atoms. The molecule has 0 aromatic heterocycles. The zero-order chi connectivity index (χ0) is 19.5. The number of amides is 1. The van der Waals surface area contributed by atoms with Gasteiger partial charge in [0.1, 0.15) is 5.54 Å². The van der Waals surface area contributed by atoms with E-state index >= 15 is 0 Å². The van der Waals surface area contributed by atoms with Gasteiger partial charge in [-0.1, -0.05) is 6.42 Å². The van der Waals surface area contributed by atoms with E-state index in [0.29, 0.717) is 13.1 Å². The number of ether oxygens (including phenoxy) is 1. The van der Waals surface area contributed by atoms with Gasteiger partial charge in [0.15, 0.2) is 0 Å². The summed E-state index contributed by atoms with van der Waals surface area (Å²) < 4.78 is 32.0. The van der Waals surface area contributed by atoms with Crippen LogP contribution in [0.25, 0.3) is 0 Å². The van der Waals surface area contributed by atoms with Gasteiger partial charge in [-0.2, -0.15) is 4.31 Å². The molecule has 148 valence electrons. The highest BCUT2D eigenvalue weighted by molar-refractivity contribution is 7.89. The lowest BCUT2D eigenvalue weighted by Crippen LogP contribution is -2.57. The number of carboxylic acids is 1. The van der Waals surface area contributed by atoms with Crippen molar-refractivity contribution in [1.82, 2.24) is 9.62 Å². The van der Waals surface area contributed by atoms with Crippen molar-refractivity contribution in [3.63, 3.8) is 0 Å². The number of carbonyl (C=O) groups excluding carboxylic acids is 1. The Morgan fingerprint density at radius 1 is 1.04 bits per heavy atom. The Labute approximate surface area is 158 Å². The summed E-state index contributed by atoms with van der Waals surface area (Å²) in [5.41, 5.74) is -1.13. The molecule has 27 heavy (non-hydrogen) atoms. The van der Waals surface area contributed by atoms with Gasteiger partial charge in [-0.15, -0.1) is 0 Å². The van der Waals surface area contributed by atoms with Gasteiger partial charge in [0.25, 0.3) is 5.91 Å². The van der Waals surface area contributed by atoms with Crippen LogP contribution in [0.3, 0.4) is 0 Å². The standard InChI is InChI=1S/C18H24N2O6S/c21-16(19-18(17(22)23)8-12-26-13-9-18)14-4-6-15(7-5-14)27(24,25)20-10-2-1-3-11-20/h4-7H,1-3,8-13H2,(H,19,21)(H,22,23). The second-order valence-electron chi connectivity index (χ2n) is 6.94. The van der Waals surface area contributed by atoms with Crippen molar-refractivity contribution in [3.05, 3.63) is 29.8 Å². The lowest BCUT2D eigenvalue weighted by molar-refractivity contribution is -0.148. The first kappa shape index (κ1) is 19.8. The van der Waals surface area contributed by atoms with Crippen LogP contribution in [-0.2, 0) is 19.6 Å². The predicted octanol–water partition coefficient (Wildman–Crippen LogP) is 1.22. The van der Waals surface area contributed by atoms with Crippen LogP contribution in [0.1, 0.15) is 42.5 Å². The summed E-state index contributed by atoms with van der Waals surface area (Å²) in [6, 6.07) is 5.63. The Morgan fingerprint density at radius 2 is 1.63 bits per heavy atom. The molecule has 2 fully saturated rings. The maximum absolute atomic E-state index is 12.7. The number of nitrogens with one attached hydrogen (secondary N) is 1. The lowest BCUT2D eigenvalue weighted by atomic mass is 9.89. The number of piperidine rings is 1. The van der Waals surface area contributed by atoms with Gasteiger partial charge in [0.2, 0.25) is 10.0 Å². The van der Waals surface area contributed by atoms with E-state index < -0.39 is 27.4 Å². The van der Waals surface area contributed by atoms with Crippen LogP contribution >= 0.6 is 0 Å². The van der Waals surface area contributed by atoms with E-state index in [-0.39, 0.29) is 36.5 Å². The molecule has 0 aliphatic carbocycles. The highest BCUT2D eigenvalue weighted by Crippen LogP contribution is 2.23. The summed E-state index contributed by atoms with van der Waals surface area (Å²) in [5, 5.41) is 12.1. The zero-order valence-corrected chi connectivity index (χ0v) is 15.8. The minimum atomic E-state index is -3.57. The number of benzene rings is 1. The molecule has 1 aromatic carbocycles. The summed E-state index contributed by atoms with van der Waals surface area (Å²) in [4.78, 5) is 24.3. The van der Waals surface area contributed by atoms with Crippen molar-refractivity contribution in [2.45, 2.75) is 42.5 Å². The summed E-state index contributed by atoms with van der Waals surface area (Å²) >= 11 is 0. The second-order valence-corrected chi connectivity index (χ2v) is 8.88. The molecule has 2 heterocycles. The molecule has 0 bridgehead atoms. The predicted molar refractivity (Wildman–Crippen MR) is 96.9 cm³/mol. The van der Waals surface area contributed by atoms with Crippen LogP contribution in [0.4, 0.5) is 0 Å². The van der Waals surface area contributed by atoms with Crippen LogP contribution in [0.15, 0.2) is 29.2 Å². The molecule has 2 saturated heterocycles. The fraction of sp³-hybridized carbons (Fsp3) is 0.556. The average Bonchev–Trinajstić information content (AvgIpc) is 2.69. The first-order valence-electron chi connectivity index (χ1n) is 9.09. The van der Waals surface area contributed by atoms with Crippen molar-refractivity contribution in [2.24, 2.45) is 0 Å². The minimum absolute atomic E-state index is 0.139. The molecule has 3 rings (SSSR count). The second kappa shape index (κ2) is 7.95. The summed E-state index contributed by atoms with van der Waals surface area (Å²) in [6.45, 7) is 1.54. The number of rotatable bonds is 5. The van der Waals surface area contributed by atoms with Crippen LogP contribution in [0, 0.1) is 0 Å². The Morgan fingerprint density at radius 3 is 2.19 bits per heavy atom. The lowest BCUT2D eigenvalue weighted by Gasteiger charge is -2.33. The van der Waals surface area contributed by atoms with Crippen LogP contribution < -0.4 is 5.32 Å². The zero-order valence-electron chi connectivity index (χ0n) is 15.0. The molecule has 8 nitrogen and oxygen atoms in total. The number of sulfonamides is 1. The molecule has 0 radical (unpaired) electrons. The van der Waals surface area contributed by atoms with Crippen molar-refractivity contribution < 1.29 is 27.9 Å². The number of carboxylic acid groups (broad SMARTS) is 1. The number of aliphatic carboxylic acids is 1. The highest BCUT2D eigenvalue weighted by atomic mass is 32.2. The number of hydrogen-bond acceptors (Lipinski definition) is 5. The largest absolute Gasteiger partial charge is 0.480 e. The monoisotopic (exact) mass is 396 g/mol. The fourth-order valence-electron chi connectivity index (χ4n) is 3.43. The first-order valence-corrected chi connectivity index (χ1v) is 10.5. The molecule has 2 aliphatic heterocycles. The van der Waals surface area contributed by atoms with Gasteiger partial charge in [-0.25, -0.2) is 13.2 Å². The smallest absolute Gasteiger partial charge is 0.329 e. The Hall–Kier alpha value is -1.97. The van der Waals surface area contributed by atoms with E-state index in [0.717, 1.165) is 19.3 Å². The Balaban J connectivity index is 1.74.